The highest BCUT2D eigenvalue weighted by atomic mass is 32.2. The van der Waals surface area contributed by atoms with Crippen LogP contribution in [0.2, 0.25) is 0 Å². The Morgan fingerprint density at radius 2 is 1.85 bits per heavy atom. The Hall–Kier alpha value is -2.74. The lowest BCUT2D eigenvalue weighted by Crippen LogP contribution is -2.34. The quantitative estimate of drug-likeness (QED) is 0.504. The van der Waals surface area contributed by atoms with Crippen molar-refractivity contribution in [2.75, 3.05) is 5.73 Å². The number of hydrogen-bond donors (Lipinski definition) is 2. The summed E-state index contributed by atoms with van der Waals surface area (Å²) in [4.78, 5) is 7.60. The van der Waals surface area contributed by atoms with Crippen LogP contribution in [0.1, 0.15) is 5.69 Å². The normalized spacial score (nSPS) is 13.9. The van der Waals surface area contributed by atoms with Crippen molar-refractivity contribution >= 4 is 27.9 Å². The van der Waals surface area contributed by atoms with E-state index in [0.29, 0.717) is 6.07 Å². The summed E-state index contributed by atoms with van der Waals surface area (Å²) >= 11 is -2.51. The van der Waals surface area contributed by atoms with Crippen LogP contribution >= 0.6 is 0 Å². The minimum Gasteiger partial charge on any atom is -0.397 e. The predicted octanol–water partition coefficient (Wildman–Crippen LogP) is 2.24. The molecule has 0 radical (unpaired) electrons. The minimum absolute atomic E-state index is 0.0850. The Bertz CT molecular complexity index is 1070. The first-order valence-electron chi connectivity index (χ1n) is 6.95. The van der Waals surface area contributed by atoms with Crippen molar-refractivity contribution < 1.29 is 30.7 Å². The third-order valence-corrected chi connectivity index (χ3v) is 4.26. The van der Waals surface area contributed by atoms with Crippen LogP contribution in [0.3, 0.4) is 0 Å². The molecule has 0 bridgehead atoms. The van der Waals surface area contributed by atoms with Crippen LogP contribution < -0.4 is 5.73 Å². The molecule has 0 aliphatic heterocycles. The molecule has 3 aromatic rings. The van der Waals surface area contributed by atoms with E-state index in [9.17, 15) is 30.7 Å². The molecule has 1 atom stereocenters. The van der Waals surface area contributed by atoms with Gasteiger partial charge in [0.15, 0.2) is 22.6 Å². The van der Waals surface area contributed by atoms with E-state index in [2.05, 4.69) is 20.2 Å². The SMILES string of the molecule is Cn1c(-c2ncc(N)cc2S(=O)O)nc2cc(C(F)(F)C(F)(F)F)nnc21. The number of rotatable bonds is 3. The fourth-order valence-corrected chi connectivity index (χ4v) is 2.80. The highest BCUT2D eigenvalue weighted by molar-refractivity contribution is 7.79. The molecule has 144 valence electrons. The number of aromatic nitrogens is 5. The second kappa shape index (κ2) is 6.16. The van der Waals surface area contributed by atoms with E-state index in [1.165, 1.54) is 17.8 Å². The molecule has 3 rings (SSSR count). The molecule has 1 unspecified atom stereocenters. The summed E-state index contributed by atoms with van der Waals surface area (Å²) in [5.74, 6) is -5.31. The van der Waals surface area contributed by atoms with Gasteiger partial charge >= 0.3 is 12.1 Å². The lowest BCUT2D eigenvalue weighted by atomic mass is 10.2. The first-order valence-corrected chi connectivity index (χ1v) is 8.06. The number of halogens is 5. The van der Waals surface area contributed by atoms with Crippen LogP contribution in [-0.2, 0) is 24.1 Å². The summed E-state index contributed by atoms with van der Waals surface area (Å²) in [5, 5.41) is 6.33. The summed E-state index contributed by atoms with van der Waals surface area (Å²) in [6.07, 6.45) is -4.69. The van der Waals surface area contributed by atoms with Gasteiger partial charge in [-0.05, 0) is 12.1 Å². The highest BCUT2D eigenvalue weighted by Crippen LogP contribution is 2.43. The smallest absolute Gasteiger partial charge is 0.397 e. The zero-order valence-corrected chi connectivity index (χ0v) is 14.0. The van der Waals surface area contributed by atoms with Crippen LogP contribution in [0.25, 0.3) is 22.7 Å². The van der Waals surface area contributed by atoms with Crippen molar-refractivity contribution in [3.63, 3.8) is 0 Å². The molecular weight excluding hydrogens is 399 g/mol. The van der Waals surface area contributed by atoms with Gasteiger partial charge in [0.05, 0.1) is 16.8 Å². The molecular formula is C13H9F5N6O2S. The number of fused-ring (bicyclic) bond motifs is 1. The van der Waals surface area contributed by atoms with Gasteiger partial charge in [0, 0.05) is 7.05 Å². The van der Waals surface area contributed by atoms with Gasteiger partial charge in [0.25, 0.3) is 0 Å². The molecule has 0 saturated carbocycles. The van der Waals surface area contributed by atoms with E-state index in [4.69, 9.17) is 5.73 Å². The Labute approximate surface area is 149 Å². The van der Waals surface area contributed by atoms with Gasteiger partial charge in [0.2, 0.25) is 0 Å². The largest absolute Gasteiger partial charge is 0.459 e. The van der Waals surface area contributed by atoms with Gasteiger partial charge < -0.3 is 14.9 Å². The zero-order valence-electron chi connectivity index (χ0n) is 13.2. The molecule has 3 heterocycles. The van der Waals surface area contributed by atoms with Crippen LogP contribution in [0.15, 0.2) is 23.2 Å². The molecule has 3 aromatic heterocycles. The number of nitrogens with zero attached hydrogens (tertiary/aromatic N) is 5. The lowest BCUT2D eigenvalue weighted by molar-refractivity contribution is -0.291. The molecule has 0 aliphatic rings. The Balaban J connectivity index is 2.21. The first kappa shape index (κ1) is 19.0. The van der Waals surface area contributed by atoms with E-state index in [0.717, 1.165) is 6.07 Å². The van der Waals surface area contributed by atoms with Crippen molar-refractivity contribution in [3.05, 3.63) is 24.0 Å². The monoisotopic (exact) mass is 408 g/mol. The molecule has 3 N–H and O–H groups in total. The van der Waals surface area contributed by atoms with Gasteiger partial charge in [-0.25, -0.2) is 14.2 Å². The third kappa shape index (κ3) is 3.10. The van der Waals surface area contributed by atoms with E-state index in [1.807, 2.05) is 0 Å². The molecule has 0 saturated heterocycles. The summed E-state index contributed by atoms with van der Waals surface area (Å²) in [7, 11) is 1.36. The third-order valence-electron chi connectivity index (χ3n) is 3.57. The topological polar surface area (TPSA) is 120 Å². The maximum atomic E-state index is 13.5. The highest BCUT2D eigenvalue weighted by Gasteiger charge is 2.60. The molecule has 14 heteroatoms. The lowest BCUT2D eigenvalue weighted by Gasteiger charge is -2.17. The predicted molar refractivity (Wildman–Crippen MR) is 82.9 cm³/mol. The average molecular weight is 408 g/mol. The summed E-state index contributed by atoms with van der Waals surface area (Å²) in [6, 6.07) is 1.61. The Kier molecular flexibility index (Phi) is 4.34. The van der Waals surface area contributed by atoms with Crippen LogP contribution in [0.4, 0.5) is 27.6 Å². The van der Waals surface area contributed by atoms with Gasteiger partial charge in [-0.2, -0.15) is 22.0 Å². The van der Waals surface area contributed by atoms with E-state index < -0.39 is 28.9 Å². The van der Waals surface area contributed by atoms with Gasteiger partial charge in [-0.3, -0.25) is 0 Å². The van der Waals surface area contributed by atoms with Gasteiger partial charge in [-0.1, -0.05) is 0 Å². The van der Waals surface area contributed by atoms with Crippen LogP contribution in [0, 0.1) is 0 Å². The summed E-state index contributed by atoms with van der Waals surface area (Å²) < 4.78 is 86.6. The molecule has 0 spiro atoms. The standard InChI is InChI=1S/C13H9F5N6O2S/c1-24-10-6(3-8(22-23-10)12(14,15)13(16,17)18)21-11(24)9-7(27(25)26)2-5(19)4-20-9/h2-4H,19H2,1H3,(H,25,26). The summed E-state index contributed by atoms with van der Waals surface area (Å²) in [5.41, 5.74) is 3.42. The maximum absolute atomic E-state index is 13.5. The van der Waals surface area contributed by atoms with Gasteiger partial charge in [0.1, 0.15) is 16.9 Å². The number of imidazole rings is 1. The zero-order chi connectivity index (χ0) is 20.1. The molecule has 0 aliphatic carbocycles. The number of alkyl halides is 5. The summed E-state index contributed by atoms with van der Waals surface area (Å²) in [6.45, 7) is 0. The Morgan fingerprint density at radius 1 is 1.19 bits per heavy atom. The molecule has 0 fully saturated rings. The van der Waals surface area contributed by atoms with Crippen molar-refractivity contribution in [3.8, 4) is 11.5 Å². The van der Waals surface area contributed by atoms with Crippen molar-refractivity contribution in [1.82, 2.24) is 24.7 Å². The van der Waals surface area contributed by atoms with E-state index >= 15 is 0 Å². The molecule has 0 amide bonds. The van der Waals surface area contributed by atoms with Crippen LogP contribution in [0.5, 0.6) is 0 Å². The van der Waals surface area contributed by atoms with Crippen molar-refractivity contribution in [2.45, 2.75) is 17.0 Å². The molecule has 8 nitrogen and oxygen atoms in total. The number of nitrogens with two attached hydrogens (primary N) is 1. The molecule has 0 aromatic carbocycles. The average Bonchev–Trinajstić information content (AvgIpc) is 2.90. The number of hydrogen-bond acceptors (Lipinski definition) is 6. The Morgan fingerprint density at radius 3 is 2.44 bits per heavy atom. The fraction of sp³-hybridized carbons (Fsp3) is 0.231. The minimum atomic E-state index is -5.85. The fourth-order valence-electron chi connectivity index (χ4n) is 2.26. The van der Waals surface area contributed by atoms with E-state index in [-0.39, 0.29) is 33.3 Å². The number of aryl methyl sites for hydroxylation is 1. The van der Waals surface area contributed by atoms with E-state index in [1.54, 1.807) is 0 Å². The second-order valence-electron chi connectivity index (χ2n) is 5.37. The number of pyridine rings is 1. The second-order valence-corrected chi connectivity index (χ2v) is 6.31. The first-order chi connectivity index (χ1) is 12.4. The van der Waals surface area contributed by atoms with Gasteiger partial charge in [-0.15, -0.1) is 10.2 Å². The maximum Gasteiger partial charge on any atom is 0.459 e. The van der Waals surface area contributed by atoms with Crippen molar-refractivity contribution in [2.24, 2.45) is 7.05 Å². The van der Waals surface area contributed by atoms with Crippen molar-refractivity contribution in [1.29, 1.82) is 0 Å². The van der Waals surface area contributed by atoms with Crippen LogP contribution in [-0.4, -0.2) is 39.7 Å². The number of anilines is 1. The molecule has 27 heavy (non-hydrogen) atoms. The number of nitrogen functional groups attached to an aromatic ring is 1.